The zero-order valence-corrected chi connectivity index (χ0v) is 17.6. The summed E-state index contributed by atoms with van der Waals surface area (Å²) in [4.78, 5) is 33.0. The van der Waals surface area contributed by atoms with Gasteiger partial charge in [0.05, 0.1) is 28.5 Å². The molecule has 0 saturated carbocycles. The van der Waals surface area contributed by atoms with Gasteiger partial charge in [0.15, 0.2) is 0 Å². The Morgan fingerprint density at radius 3 is 2.53 bits per heavy atom. The van der Waals surface area contributed by atoms with Crippen molar-refractivity contribution in [2.75, 3.05) is 11.4 Å². The highest BCUT2D eigenvalue weighted by Crippen LogP contribution is 2.31. The van der Waals surface area contributed by atoms with Crippen LogP contribution in [0.3, 0.4) is 0 Å². The van der Waals surface area contributed by atoms with Crippen LogP contribution in [0.5, 0.6) is 0 Å². The first kappa shape index (κ1) is 23.2. The topological polar surface area (TPSA) is 75.2 Å². The molecule has 3 rings (SSSR count). The smallest absolute Gasteiger partial charge is 0.256 e. The minimum atomic E-state index is -2.70. The van der Waals surface area contributed by atoms with E-state index in [9.17, 15) is 22.8 Å². The quantitative estimate of drug-likeness (QED) is 0.561. The average Bonchev–Trinajstić information content (AvgIpc) is 2.77. The van der Waals surface area contributed by atoms with Gasteiger partial charge in [-0.15, -0.1) is 0 Å². The van der Waals surface area contributed by atoms with Gasteiger partial charge in [0, 0.05) is 43.2 Å². The first-order valence-electron chi connectivity index (χ1n) is 9.45. The number of pyridine rings is 2. The summed E-state index contributed by atoms with van der Waals surface area (Å²) in [6.45, 7) is 0.392. The van der Waals surface area contributed by atoms with E-state index in [4.69, 9.17) is 11.6 Å². The molecule has 10 heteroatoms. The Kier molecular flexibility index (Phi) is 7.42. The van der Waals surface area contributed by atoms with Gasteiger partial charge >= 0.3 is 0 Å². The van der Waals surface area contributed by atoms with Crippen LogP contribution in [0.1, 0.15) is 22.8 Å². The van der Waals surface area contributed by atoms with Crippen molar-refractivity contribution in [1.29, 1.82) is 0 Å². The number of benzene rings is 1. The predicted octanol–water partition coefficient (Wildman–Crippen LogP) is 4.48. The third kappa shape index (κ3) is 5.61. The Labute approximate surface area is 187 Å². The van der Waals surface area contributed by atoms with Gasteiger partial charge in [0.1, 0.15) is 5.82 Å². The molecule has 2 aromatic heterocycles. The van der Waals surface area contributed by atoms with E-state index >= 15 is 0 Å². The molecule has 1 aromatic carbocycles. The second kappa shape index (κ2) is 10.2. The summed E-state index contributed by atoms with van der Waals surface area (Å²) in [6.07, 6.45) is 1.30. The number of aromatic nitrogens is 2. The van der Waals surface area contributed by atoms with Crippen molar-refractivity contribution in [3.63, 3.8) is 0 Å². The monoisotopic (exact) mass is 462 g/mol. The summed E-state index contributed by atoms with van der Waals surface area (Å²) in [5.74, 6) is -1.46. The number of anilines is 1. The highest BCUT2D eigenvalue weighted by Gasteiger charge is 2.20. The fraction of sp³-hybridized carbons (Fsp3) is 0.182. The zero-order chi connectivity index (χ0) is 23.3. The highest BCUT2D eigenvalue weighted by atomic mass is 35.5. The van der Waals surface area contributed by atoms with E-state index in [2.05, 4.69) is 15.3 Å². The SMILES string of the molecule is CC(=O)N(CC(F)F)c1ccc(-c2ccc(C(=O)NCc3cnccc3F)cn2)cc1Cl. The molecule has 6 nitrogen and oxygen atoms in total. The summed E-state index contributed by atoms with van der Waals surface area (Å²) in [5.41, 5.74) is 1.74. The number of nitrogens with zero attached hydrogens (tertiary/aromatic N) is 3. The molecule has 1 N–H and O–H groups in total. The second-order valence-corrected chi connectivity index (χ2v) is 7.18. The van der Waals surface area contributed by atoms with E-state index in [1.54, 1.807) is 12.1 Å². The molecule has 2 amide bonds. The lowest BCUT2D eigenvalue weighted by Gasteiger charge is -2.22. The molecule has 0 bridgehead atoms. The third-order valence-corrected chi connectivity index (χ3v) is 4.85. The number of hydrogen-bond acceptors (Lipinski definition) is 4. The Hall–Kier alpha value is -3.46. The van der Waals surface area contributed by atoms with E-state index in [1.165, 1.54) is 49.8 Å². The molecule has 2 heterocycles. The minimum absolute atomic E-state index is 0.0252. The highest BCUT2D eigenvalue weighted by molar-refractivity contribution is 6.34. The van der Waals surface area contributed by atoms with Crippen LogP contribution in [0, 0.1) is 5.82 Å². The maximum Gasteiger partial charge on any atom is 0.256 e. The lowest BCUT2D eigenvalue weighted by molar-refractivity contribution is -0.117. The van der Waals surface area contributed by atoms with Crippen molar-refractivity contribution in [3.8, 4) is 11.3 Å². The van der Waals surface area contributed by atoms with Gasteiger partial charge in [-0.05, 0) is 30.3 Å². The van der Waals surface area contributed by atoms with E-state index in [0.717, 1.165) is 4.90 Å². The average molecular weight is 463 g/mol. The lowest BCUT2D eigenvalue weighted by atomic mass is 10.1. The maximum absolute atomic E-state index is 13.6. The molecule has 0 atom stereocenters. The molecular formula is C22H18ClF3N4O2. The van der Waals surface area contributed by atoms with Gasteiger partial charge in [0.2, 0.25) is 5.91 Å². The molecule has 0 aliphatic carbocycles. The Morgan fingerprint density at radius 2 is 1.94 bits per heavy atom. The van der Waals surface area contributed by atoms with E-state index < -0.39 is 30.6 Å². The number of amides is 2. The first-order valence-corrected chi connectivity index (χ1v) is 9.83. The molecule has 0 aliphatic rings. The van der Waals surface area contributed by atoms with Crippen molar-refractivity contribution in [3.05, 3.63) is 77.0 Å². The van der Waals surface area contributed by atoms with Crippen LogP contribution < -0.4 is 10.2 Å². The number of rotatable bonds is 7. The van der Waals surface area contributed by atoms with Crippen LogP contribution in [0.15, 0.2) is 55.0 Å². The molecule has 0 spiro atoms. The zero-order valence-electron chi connectivity index (χ0n) is 16.9. The number of halogens is 4. The molecular weight excluding hydrogens is 445 g/mol. The van der Waals surface area contributed by atoms with Crippen LogP contribution >= 0.6 is 11.6 Å². The molecule has 3 aromatic rings. The largest absolute Gasteiger partial charge is 0.348 e. The van der Waals surface area contributed by atoms with Crippen LogP contribution in [-0.2, 0) is 11.3 Å². The van der Waals surface area contributed by atoms with Crippen molar-refractivity contribution < 1.29 is 22.8 Å². The summed E-state index contributed by atoms with van der Waals surface area (Å²) in [5, 5.41) is 2.70. The molecule has 32 heavy (non-hydrogen) atoms. The molecule has 0 unspecified atom stereocenters. The van der Waals surface area contributed by atoms with Gasteiger partial charge in [-0.2, -0.15) is 0 Å². The van der Waals surface area contributed by atoms with E-state index in [0.29, 0.717) is 11.3 Å². The number of nitrogens with one attached hydrogen (secondary N) is 1. The second-order valence-electron chi connectivity index (χ2n) is 6.77. The first-order chi connectivity index (χ1) is 15.3. The van der Waals surface area contributed by atoms with E-state index in [-0.39, 0.29) is 28.4 Å². The van der Waals surface area contributed by atoms with Crippen LogP contribution in [0.4, 0.5) is 18.9 Å². The standard InChI is InChI=1S/C22H18ClF3N4O2/c1-13(31)30(12-21(25)26)20-5-3-14(8-17(20)23)19-4-2-15(10-28-19)22(32)29-11-16-9-27-7-6-18(16)24/h2-10,21H,11-12H2,1H3,(H,29,32). The summed E-state index contributed by atoms with van der Waals surface area (Å²) in [7, 11) is 0. The Balaban J connectivity index is 1.72. The Bertz CT molecular complexity index is 1130. The number of carbonyl (C=O) groups excluding carboxylic acids is 2. The molecule has 0 radical (unpaired) electrons. The van der Waals surface area contributed by atoms with Crippen molar-refractivity contribution in [1.82, 2.24) is 15.3 Å². The summed E-state index contributed by atoms with van der Waals surface area (Å²) >= 11 is 6.23. The molecule has 0 aliphatic heterocycles. The maximum atomic E-state index is 13.6. The third-order valence-electron chi connectivity index (χ3n) is 4.54. The van der Waals surface area contributed by atoms with Gasteiger partial charge < -0.3 is 10.2 Å². The molecule has 0 saturated heterocycles. The van der Waals surface area contributed by atoms with Crippen molar-refractivity contribution in [2.45, 2.75) is 19.9 Å². The fourth-order valence-corrected chi connectivity index (χ4v) is 3.22. The van der Waals surface area contributed by atoms with Crippen molar-refractivity contribution in [2.24, 2.45) is 0 Å². The predicted molar refractivity (Wildman–Crippen MR) is 114 cm³/mol. The molecule has 0 fully saturated rings. The molecule has 166 valence electrons. The summed E-state index contributed by atoms with van der Waals surface area (Å²) < 4.78 is 39.2. The van der Waals surface area contributed by atoms with Crippen molar-refractivity contribution >= 4 is 29.1 Å². The van der Waals surface area contributed by atoms with E-state index in [1.807, 2.05) is 0 Å². The van der Waals surface area contributed by atoms with Crippen LogP contribution in [0.25, 0.3) is 11.3 Å². The van der Waals surface area contributed by atoms with Crippen LogP contribution in [0.2, 0.25) is 5.02 Å². The number of carbonyl (C=O) groups is 2. The lowest BCUT2D eigenvalue weighted by Crippen LogP contribution is -2.33. The summed E-state index contributed by atoms with van der Waals surface area (Å²) in [6, 6.07) is 8.90. The number of alkyl halides is 2. The van der Waals surface area contributed by atoms with Gasteiger partial charge in [-0.25, -0.2) is 13.2 Å². The van der Waals surface area contributed by atoms with Gasteiger partial charge in [-0.1, -0.05) is 17.7 Å². The fourth-order valence-electron chi connectivity index (χ4n) is 2.94. The Morgan fingerprint density at radius 1 is 1.16 bits per heavy atom. The number of hydrogen-bond donors (Lipinski definition) is 1. The van der Waals surface area contributed by atoms with Gasteiger partial charge in [0.25, 0.3) is 12.3 Å². The minimum Gasteiger partial charge on any atom is -0.348 e. The van der Waals surface area contributed by atoms with Crippen LogP contribution in [-0.4, -0.2) is 34.8 Å². The normalized spacial score (nSPS) is 10.8. The van der Waals surface area contributed by atoms with Gasteiger partial charge in [-0.3, -0.25) is 19.6 Å².